The number of rotatable bonds is 8. The lowest BCUT2D eigenvalue weighted by Gasteiger charge is -2.12. The number of hydrogen-bond donors (Lipinski definition) is 1. The second kappa shape index (κ2) is 9.12. The minimum absolute atomic E-state index is 0.106. The van der Waals surface area contributed by atoms with E-state index in [1.165, 1.54) is 4.57 Å². The van der Waals surface area contributed by atoms with E-state index < -0.39 is 11.5 Å². The summed E-state index contributed by atoms with van der Waals surface area (Å²) in [4.78, 5) is 34.1. The van der Waals surface area contributed by atoms with Crippen molar-refractivity contribution >= 4 is 17.1 Å². The van der Waals surface area contributed by atoms with E-state index in [0.717, 1.165) is 30.6 Å². The number of ether oxygens (including phenoxy) is 1. The first-order chi connectivity index (χ1) is 13.6. The highest BCUT2D eigenvalue weighted by Gasteiger charge is 2.18. The third-order valence-electron chi connectivity index (χ3n) is 4.48. The van der Waals surface area contributed by atoms with E-state index in [0.29, 0.717) is 17.7 Å². The lowest BCUT2D eigenvalue weighted by Crippen LogP contribution is -2.35. The Morgan fingerprint density at radius 3 is 2.68 bits per heavy atom. The predicted octanol–water partition coefficient (Wildman–Crippen LogP) is 2.77. The summed E-state index contributed by atoms with van der Waals surface area (Å²) in [7, 11) is 1.60. The Labute approximate surface area is 163 Å². The molecule has 1 N–H and O–H groups in total. The van der Waals surface area contributed by atoms with E-state index in [1.54, 1.807) is 25.4 Å². The number of carbonyl (C=O) groups excluding carboxylic acids is 1. The summed E-state index contributed by atoms with van der Waals surface area (Å²) in [6.45, 7) is 2.91. The summed E-state index contributed by atoms with van der Waals surface area (Å²) in [5, 5.41) is 2.79. The van der Waals surface area contributed by atoms with Crippen molar-refractivity contribution in [1.82, 2.24) is 19.9 Å². The number of unbranched alkanes of at least 4 members (excludes halogenated alkanes) is 2. The molecule has 7 heteroatoms. The van der Waals surface area contributed by atoms with Gasteiger partial charge in [0.1, 0.15) is 11.3 Å². The number of aromatic nitrogens is 3. The monoisotopic (exact) mass is 380 g/mol. The van der Waals surface area contributed by atoms with Crippen molar-refractivity contribution in [2.75, 3.05) is 13.7 Å². The lowest BCUT2D eigenvalue weighted by molar-refractivity contribution is 0.0946. The number of pyridine rings is 1. The number of amides is 1. The molecule has 0 fully saturated rings. The molecule has 28 heavy (non-hydrogen) atoms. The third-order valence-corrected chi connectivity index (χ3v) is 4.48. The molecular formula is C21H24N4O3. The second-order valence-corrected chi connectivity index (χ2v) is 6.51. The molecule has 0 radical (unpaired) electrons. The summed E-state index contributed by atoms with van der Waals surface area (Å²) in [5.41, 5.74) is 1.30. The van der Waals surface area contributed by atoms with Gasteiger partial charge < -0.3 is 10.1 Å². The molecule has 0 aliphatic carbocycles. The van der Waals surface area contributed by atoms with Crippen LogP contribution in [0.2, 0.25) is 0 Å². The van der Waals surface area contributed by atoms with Crippen molar-refractivity contribution in [3.05, 3.63) is 64.2 Å². The van der Waals surface area contributed by atoms with Crippen LogP contribution in [0.25, 0.3) is 11.2 Å². The minimum Gasteiger partial charge on any atom is -0.497 e. The highest BCUT2D eigenvalue weighted by atomic mass is 16.5. The molecule has 1 aromatic carbocycles. The maximum absolute atomic E-state index is 13.0. The number of methoxy groups -OCH3 is 1. The van der Waals surface area contributed by atoms with Crippen molar-refractivity contribution in [1.29, 1.82) is 0 Å². The molecule has 146 valence electrons. The summed E-state index contributed by atoms with van der Waals surface area (Å²) in [6, 6.07) is 10.9. The highest BCUT2D eigenvalue weighted by Crippen LogP contribution is 2.14. The fourth-order valence-corrected chi connectivity index (χ4v) is 2.94. The summed E-state index contributed by atoms with van der Waals surface area (Å²) >= 11 is 0. The predicted molar refractivity (Wildman–Crippen MR) is 108 cm³/mol. The zero-order valence-corrected chi connectivity index (χ0v) is 16.1. The molecule has 2 aromatic heterocycles. The molecule has 0 aliphatic heterocycles. The number of carbonyl (C=O) groups is 1. The Morgan fingerprint density at radius 1 is 1.18 bits per heavy atom. The Balaban J connectivity index is 1.96. The van der Waals surface area contributed by atoms with Gasteiger partial charge >= 0.3 is 0 Å². The normalized spacial score (nSPS) is 10.8. The SMILES string of the molecule is CCCCCNC(=O)c1nc2cccnc2n(Cc2ccc(OC)cc2)c1=O. The van der Waals surface area contributed by atoms with Crippen LogP contribution in [0.4, 0.5) is 0 Å². The average Bonchev–Trinajstić information content (AvgIpc) is 2.73. The smallest absolute Gasteiger partial charge is 0.284 e. The van der Waals surface area contributed by atoms with Crippen molar-refractivity contribution in [3.8, 4) is 5.75 Å². The van der Waals surface area contributed by atoms with Crippen molar-refractivity contribution < 1.29 is 9.53 Å². The Morgan fingerprint density at radius 2 is 1.96 bits per heavy atom. The maximum atomic E-state index is 13.0. The van der Waals surface area contributed by atoms with Crippen LogP contribution in [-0.4, -0.2) is 34.1 Å². The van der Waals surface area contributed by atoms with E-state index in [4.69, 9.17) is 4.74 Å². The molecule has 0 atom stereocenters. The third kappa shape index (κ3) is 4.36. The molecule has 3 rings (SSSR count). The van der Waals surface area contributed by atoms with Gasteiger partial charge in [0.05, 0.1) is 13.7 Å². The average molecular weight is 380 g/mol. The van der Waals surface area contributed by atoms with E-state index in [-0.39, 0.29) is 12.2 Å². The molecule has 0 saturated heterocycles. The topological polar surface area (TPSA) is 86.1 Å². The van der Waals surface area contributed by atoms with E-state index in [9.17, 15) is 9.59 Å². The first-order valence-electron chi connectivity index (χ1n) is 9.40. The number of benzene rings is 1. The summed E-state index contributed by atoms with van der Waals surface area (Å²) < 4.78 is 6.67. The van der Waals surface area contributed by atoms with Gasteiger partial charge in [0.15, 0.2) is 11.3 Å². The van der Waals surface area contributed by atoms with Crippen LogP contribution in [0.3, 0.4) is 0 Å². The van der Waals surface area contributed by atoms with Gasteiger partial charge in [0.2, 0.25) is 0 Å². The molecule has 2 heterocycles. The van der Waals surface area contributed by atoms with Gasteiger partial charge in [-0.05, 0) is 36.2 Å². The molecular weight excluding hydrogens is 356 g/mol. The zero-order valence-electron chi connectivity index (χ0n) is 16.1. The van der Waals surface area contributed by atoms with Crippen LogP contribution in [0.5, 0.6) is 5.75 Å². The number of nitrogens with one attached hydrogen (secondary N) is 1. The van der Waals surface area contributed by atoms with Gasteiger partial charge in [-0.25, -0.2) is 9.97 Å². The molecule has 0 bridgehead atoms. The summed E-state index contributed by atoms with van der Waals surface area (Å²) in [6.07, 6.45) is 4.57. The van der Waals surface area contributed by atoms with Crippen LogP contribution in [0, 0.1) is 0 Å². The van der Waals surface area contributed by atoms with Crippen LogP contribution in [0.15, 0.2) is 47.4 Å². The second-order valence-electron chi connectivity index (χ2n) is 6.51. The quantitative estimate of drug-likeness (QED) is 0.607. The van der Waals surface area contributed by atoms with Gasteiger partial charge in [-0.15, -0.1) is 0 Å². The Hall–Kier alpha value is -3.22. The van der Waals surface area contributed by atoms with E-state index >= 15 is 0 Å². The highest BCUT2D eigenvalue weighted by molar-refractivity contribution is 5.93. The van der Waals surface area contributed by atoms with Crippen LogP contribution in [-0.2, 0) is 6.54 Å². The fourth-order valence-electron chi connectivity index (χ4n) is 2.94. The first-order valence-corrected chi connectivity index (χ1v) is 9.40. The number of fused-ring (bicyclic) bond motifs is 1. The van der Waals surface area contributed by atoms with Crippen molar-refractivity contribution in [3.63, 3.8) is 0 Å². The Bertz CT molecular complexity index is 1010. The summed E-state index contributed by atoms with van der Waals surface area (Å²) in [5.74, 6) is 0.288. The molecule has 7 nitrogen and oxygen atoms in total. The van der Waals surface area contributed by atoms with E-state index in [2.05, 4.69) is 22.2 Å². The molecule has 1 amide bonds. The van der Waals surface area contributed by atoms with Gasteiger partial charge in [-0.1, -0.05) is 31.9 Å². The zero-order chi connectivity index (χ0) is 19.9. The van der Waals surface area contributed by atoms with Crippen molar-refractivity contribution in [2.45, 2.75) is 32.7 Å². The number of nitrogens with zero attached hydrogens (tertiary/aromatic N) is 3. The largest absolute Gasteiger partial charge is 0.497 e. The fraction of sp³-hybridized carbons (Fsp3) is 0.333. The van der Waals surface area contributed by atoms with Gasteiger partial charge in [0.25, 0.3) is 11.5 Å². The molecule has 0 spiro atoms. The Kier molecular flexibility index (Phi) is 6.37. The van der Waals surface area contributed by atoms with Gasteiger partial charge in [-0.2, -0.15) is 0 Å². The maximum Gasteiger partial charge on any atom is 0.284 e. The number of hydrogen-bond acceptors (Lipinski definition) is 5. The molecule has 3 aromatic rings. The van der Waals surface area contributed by atoms with Crippen LogP contribution in [0.1, 0.15) is 42.2 Å². The van der Waals surface area contributed by atoms with Crippen LogP contribution >= 0.6 is 0 Å². The first kappa shape index (κ1) is 19.5. The van der Waals surface area contributed by atoms with Crippen molar-refractivity contribution in [2.24, 2.45) is 0 Å². The van der Waals surface area contributed by atoms with Gasteiger partial charge in [0, 0.05) is 12.7 Å². The minimum atomic E-state index is -0.449. The molecule has 0 unspecified atom stereocenters. The molecule has 0 saturated carbocycles. The standard InChI is InChI=1S/C21H24N4O3/c1-3-4-5-12-23-20(26)18-21(27)25(19-17(24-18)7-6-13-22-19)14-15-8-10-16(28-2)11-9-15/h6-11,13H,3-5,12,14H2,1-2H3,(H,23,26). The lowest BCUT2D eigenvalue weighted by atomic mass is 10.2. The van der Waals surface area contributed by atoms with E-state index in [1.807, 2.05) is 24.3 Å². The van der Waals surface area contributed by atoms with Gasteiger partial charge in [-0.3, -0.25) is 14.2 Å². The molecule has 0 aliphatic rings. The van der Waals surface area contributed by atoms with Crippen LogP contribution < -0.4 is 15.6 Å².